The van der Waals surface area contributed by atoms with Crippen LogP contribution in [-0.4, -0.2) is 60.3 Å². The number of nitrogens with zero attached hydrogens (tertiary/aromatic N) is 1. The fraction of sp³-hybridized carbons (Fsp3) is 0.417. The van der Waals surface area contributed by atoms with Gasteiger partial charge in [0.1, 0.15) is 17.5 Å². The number of amides is 1. The molecule has 2 aromatic carbocycles. The summed E-state index contributed by atoms with van der Waals surface area (Å²) >= 11 is 5.86. The molecule has 1 saturated heterocycles. The number of carbonyl (C=O) groups excluding carboxylic acids is 1. The molecular weight excluding hydrogens is 432 g/mol. The molecule has 2 unspecified atom stereocenters. The lowest BCUT2D eigenvalue weighted by molar-refractivity contribution is -0.145. The van der Waals surface area contributed by atoms with Crippen molar-refractivity contribution in [2.45, 2.75) is 38.3 Å². The van der Waals surface area contributed by atoms with Crippen molar-refractivity contribution < 1.29 is 24.2 Å². The van der Waals surface area contributed by atoms with Crippen LogP contribution in [0.3, 0.4) is 0 Å². The smallest absolute Gasteiger partial charge is 0.320 e. The van der Waals surface area contributed by atoms with Gasteiger partial charge in [0, 0.05) is 24.2 Å². The van der Waals surface area contributed by atoms with E-state index in [1.54, 1.807) is 24.3 Å². The average molecular weight is 461 g/mol. The lowest BCUT2D eigenvalue weighted by Crippen LogP contribution is -2.53. The highest BCUT2D eigenvalue weighted by Gasteiger charge is 2.33. The standard InChI is InChI=1S/C24H29ClN2O5/c1-17-3-7-21(8-4-17)32-16-23(28)26-19-11-13-27(22(15-19)24(29)30)12-2-14-31-20-9-5-18(25)6-10-20/h3-10,19,22H,2,11-16H2,1H3,(H,26,28)(H,29,30). The molecule has 0 aromatic heterocycles. The molecule has 1 aliphatic rings. The second-order valence-electron chi connectivity index (χ2n) is 7.94. The van der Waals surface area contributed by atoms with Crippen LogP contribution in [0, 0.1) is 6.92 Å². The number of benzene rings is 2. The van der Waals surface area contributed by atoms with Gasteiger partial charge in [0.15, 0.2) is 6.61 Å². The van der Waals surface area contributed by atoms with E-state index in [1.165, 1.54) is 0 Å². The molecule has 8 heteroatoms. The van der Waals surface area contributed by atoms with Crippen molar-refractivity contribution in [2.75, 3.05) is 26.3 Å². The summed E-state index contributed by atoms with van der Waals surface area (Å²) in [5.74, 6) is 0.242. The molecule has 1 heterocycles. The van der Waals surface area contributed by atoms with Gasteiger partial charge in [-0.05, 0) is 62.6 Å². The number of likely N-dealkylation sites (tertiary alicyclic amines) is 1. The summed E-state index contributed by atoms with van der Waals surface area (Å²) in [5, 5.41) is 13.2. The number of aryl methyl sites for hydroxylation is 1. The van der Waals surface area contributed by atoms with Crippen LogP contribution < -0.4 is 14.8 Å². The van der Waals surface area contributed by atoms with Crippen LogP contribution in [-0.2, 0) is 9.59 Å². The van der Waals surface area contributed by atoms with E-state index in [0.29, 0.717) is 49.7 Å². The van der Waals surface area contributed by atoms with E-state index in [9.17, 15) is 14.7 Å². The van der Waals surface area contributed by atoms with Crippen LogP contribution in [0.5, 0.6) is 11.5 Å². The Hall–Kier alpha value is -2.77. The Bertz CT molecular complexity index is 888. The molecule has 1 aliphatic heterocycles. The Kier molecular flexibility index (Phi) is 8.76. The van der Waals surface area contributed by atoms with Crippen molar-refractivity contribution in [3.05, 3.63) is 59.1 Å². The van der Waals surface area contributed by atoms with E-state index < -0.39 is 12.0 Å². The zero-order chi connectivity index (χ0) is 22.9. The third-order valence-electron chi connectivity index (χ3n) is 5.43. The Morgan fingerprint density at radius 2 is 1.75 bits per heavy atom. The maximum absolute atomic E-state index is 12.3. The van der Waals surface area contributed by atoms with Crippen LogP contribution in [0.1, 0.15) is 24.8 Å². The molecule has 0 aliphatic carbocycles. The van der Waals surface area contributed by atoms with E-state index in [4.69, 9.17) is 21.1 Å². The summed E-state index contributed by atoms with van der Waals surface area (Å²) in [5.41, 5.74) is 1.12. The minimum atomic E-state index is -0.876. The van der Waals surface area contributed by atoms with Crippen LogP contribution >= 0.6 is 11.6 Å². The maximum atomic E-state index is 12.3. The molecule has 0 radical (unpaired) electrons. The predicted molar refractivity (Wildman–Crippen MR) is 122 cm³/mol. The number of aliphatic carboxylic acids is 1. The molecule has 2 N–H and O–H groups in total. The van der Waals surface area contributed by atoms with Crippen LogP contribution in [0.25, 0.3) is 0 Å². The first-order valence-corrected chi connectivity index (χ1v) is 11.1. The molecule has 1 amide bonds. The van der Waals surface area contributed by atoms with Crippen LogP contribution in [0.15, 0.2) is 48.5 Å². The molecular formula is C24H29ClN2O5. The van der Waals surface area contributed by atoms with E-state index >= 15 is 0 Å². The zero-order valence-corrected chi connectivity index (χ0v) is 18.9. The lowest BCUT2D eigenvalue weighted by atomic mass is 9.96. The lowest BCUT2D eigenvalue weighted by Gasteiger charge is -2.37. The van der Waals surface area contributed by atoms with Gasteiger partial charge in [-0.15, -0.1) is 0 Å². The molecule has 1 fully saturated rings. The number of carboxylic acids is 1. The molecule has 2 aromatic rings. The Morgan fingerprint density at radius 1 is 1.09 bits per heavy atom. The van der Waals surface area contributed by atoms with Gasteiger partial charge in [-0.1, -0.05) is 29.3 Å². The van der Waals surface area contributed by atoms with Crippen LogP contribution in [0.2, 0.25) is 5.02 Å². The highest BCUT2D eigenvalue weighted by Crippen LogP contribution is 2.20. The molecule has 0 bridgehead atoms. The molecule has 3 rings (SSSR count). The number of hydrogen-bond acceptors (Lipinski definition) is 5. The Morgan fingerprint density at radius 3 is 2.44 bits per heavy atom. The maximum Gasteiger partial charge on any atom is 0.320 e. The average Bonchev–Trinajstić information content (AvgIpc) is 2.78. The van der Waals surface area contributed by atoms with Crippen molar-refractivity contribution in [1.29, 1.82) is 0 Å². The molecule has 32 heavy (non-hydrogen) atoms. The zero-order valence-electron chi connectivity index (χ0n) is 18.1. The summed E-state index contributed by atoms with van der Waals surface area (Å²) in [6.45, 7) is 3.59. The normalized spacial score (nSPS) is 18.7. The minimum absolute atomic E-state index is 0.0942. The van der Waals surface area contributed by atoms with Crippen molar-refractivity contribution >= 4 is 23.5 Å². The molecule has 0 spiro atoms. The van der Waals surface area contributed by atoms with Gasteiger partial charge in [-0.25, -0.2) is 0 Å². The summed E-state index contributed by atoms with van der Waals surface area (Å²) in [6.07, 6.45) is 1.76. The van der Waals surface area contributed by atoms with Gasteiger partial charge < -0.3 is 19.9 Å². The van der Waals surface area contributed by atoms with Crippen molar-refractivity contribution in [3.8, 4) is 11.5 Å². The summed E-state index contributed by atoms with van der Waals surface area (Å²) in [4.78, 5) is 26.0. The quantitative estimate of drug-likeness (QED) is 0.527. The monoisotopic (exact) mass is 460 g/mol. The van der Waals surface area contributed by atoms with E-state index in [-0.39, 0.29) is 18.6 Å². The third-order valence-corrected chi connectivity index (χ3v) is 5.68. The minimum Gasteiger partial charge on any atom is -0.494 e. The second kappa shape index (κ2) is 11.7. The highest BCUT2D eigenvalue weighted by atomic mass is 35.5. The van der Waals surface area contributed by atoms with E-state index in [1.807, 2.05) is 36.1 Å². The van der Waals surface area contributed by atoms with Crippen molar-refractivity contribution in [3.63, 3.8) is 0 Å². The highest BCUT2D eigenvalue weighted by molar-refractivity contribution is 6.30. The van der Waals surface area contributed by atoms with Crippen molar-refractivity contribution in [2.24, 2.45) is 0 Å². The van der Waals surface area contributed by atoms with E-state index in [0.717, 1.165) is 11.3 Å². The third kappa shape index (κ3) is 7.43. The number of nitrogens with one attached hydrogen (secondary N) is 1. The molecule has 2 atom stereocenters. The van der Waals surface area contributed by atoms with Gasteiger partial charge >= 0.3 is 5.97 Å². The summed E-state index contributed by atoms with van der Waals surface area (Å²) in [7, 11) is 0. The van der Waals surface area contributed by atoms with Gasteiger partial charge in [-0.3, -0.25) is 14.5 Å². The molecule has 172 valence electrons. The number of rotatable bonds is 10. The number of carboxylic acid groups (broad SMARTS) is 1. The van der Waals surface area contributed by atoms with Gasteiger partial charge in [-0.2, -0.15) is 0 Å². The van der Waals surface area contributed by atoms with Gasteiger partial charge in [0.2, 0.25) is 0 Å². The first-order chi connectivity index (χ1) is 15.4. The first kappa shape index (κ1) is 23.9. The predicted octanol–water partition coefficient (Wildman–Crippen LogP) is 3.53. The van der Waals surface area contributed by atoms with Crippen LogP contribution in [0.4, 0.5) is 0 Å². The second-order valence-corrected chi connectivity index (χ2v) is 8.37. The summed E-state index contributed by atoms with van der Waals surface area (Å²) < 4.78 is 11.2. The first-order valence-electron chi connectivity index (χ1n) is 10.7. The molecule has 0 saturated carbocycles. The topological polar surface area (TPSA) is 88.1 Å². The van der Waals surface area contributed by atoms with Gasteiger partial charge in [0.25, 0.3) is 5.91 Å². The number of piperidine rings is 1. The Labute approximate surface area is 193 Å². The number of ether oxygens (including phenoxy) is 2. The van der Waals surface area contributed by atoms with E-state index in [2.05, 4.69) is 5.32 Å². The number of hydrogen-bond donors (Lipinski definition) is 2. The summed E-state index contributed by atoms with van der Waals surface area (Å²) in [6, 6.07) is 13.8. The largest absolute Gasteiger partial charge is 0.494 e. The fourth-order valence-electron chi connectivity index (χ4n) is 3.71. The van der Waals surface area contributed by atoms with Crippen molar-refractivity contribution in [1.82, 2.24) is 10.2 Å². The fourth-order valence-corrected chi connectivity index (χ4v) is 3.84. The number of halogens is 1. The number of carbonyl (C=O) groups is 2. The molecule has 7 nitrogen and oxygen atoms in total. The Balaban J connectivity index is 1.40. The van der Waals surface area contributed by atoms with Gasteiger partial charge in [0.05, 0.1) is 6.61 Å². The SMILES string of the molecule is Cc1ccc(OCC(=O)NC2CCN(CCCOc3ccc(Cl)cc3)C(C(=O)O)C2)cc1.